The Hall–Kier alpha value is -1.55. The molecule has 2 N–H and O–H groups in total. The predicted octanol–water partition coefficient (Wildman–Crippen LogP) is 2.83. The van der Waals surface area contributed by atoms with E-state index in [-0.39, 0.29) is 0 Å². The number of anilines is 1. The highest BCUT2D eigenvalue weighted by atomic mass is 15.2. The maximum absolute atomic E-state index is 6.12. The molecule has 2 aromatic rings. The summed E-state index contributed by atoms with van der Waals surface area (Å²) in [5.74, 6) is 0.615. The number of hydrogen-bond acceptors (Lipinski definition) is 3. The van der Waals surface area contributed by atoms with Crippen molar-refractivity contribution in [2.45, 2.75) is 33.7 Å². The molecule has 4 heteroatoms. The van der Waals surface area contributed by atoms with Crippen molar-refractivity contribution in [3.8, 4) is 0 Å². The first kappa shape index (κ1) is 13.9. The van der Waals surface area contributed by atoms with Crippen LogP contribution in [0.1, 0.15) is 32.4 Å². The minimum Gasteiger partial charge on any atom is -0.369 e. The number of imidazole rings is 1. The van der Waals surface area contributed by atoms with Crippen LogP contribution < -0.4 is 5.73 Å². The van der Waals surface area contributed by atoms with Crippen LogP contribution >= 0.6 is 0 Å². The zero-order chi connectivity index (χ0) is 14.0. The van der Waals surface area contributed by atoms with Crippen LogP contribution in [-0.4, -0.2) is 34.1 Å². The summed E-state index contributed by atoms with van der Waals surface area (Å²) in [6, 6.07) is 6.50. The summed E-state index contributed by atoms with van der Waals surface area (Å²) in [6.07, 6.45) is 0. The molecule has 2 rings (SSSR count). The Bertz CT molecular complexity index is 555. The third-order valence-corrected chi connectivity index (χ3v) is 3.80. The first-order valence-corrected chi connectivity index (χ1v) is 7.03. The number of nitrogen functional groups attached to an aromatic ring is 1. The largest absolute Gasteiger partial charge is 0.369 e. The normalized spacial score (nSPS) is 13.3. The Kier molecular flexibility index (Phi) is 4.10. The zero-order valence-corrected chi connectivity index (χ0v) is 12.3. The molecule has 1 aromatic carbocycles. The molecule has 1 aromatic heterocycles. The van der Waals surface area contributed by atoms with E-state index >= 15 is 0 Å². The minimum absolute atomic E-state index is 0.325. The summed E-state index contributed by atoms with van der Waals surface area (Å²) in [4.78, 5) is 6.89. The van der Waals surface area contributed by atoms with Gasteiger partial charge in [-0.25, -0.2) is 4.98 Å². The molecule has 0 amide bonds. The fraction of sp³-hybridized carbons (Fsp3) is 0.533. The van der Waals surface area contributed by atoms with Gasteiger partial charge in [0.05, 0.1) is 11.0 Å². The molecule has 1 heterocycles. The van der Waals surface area contributed by atoms with E-state index in [0.29, 0.717) is 12.0 Å². The Labute approximate surface area is 115 Å². The lowest BCUT2D eigenvalue weighted by molar-refractivity contribution is 0.264. The van der Waals surface area contributed by atoms with Gasteiger partial charge in [-0.1, -0.05) is 26.0 Å². The molecule has 1 atom stereocenters. The smallest absolute Gasteiger partial charge is 0.201 e. The van der Waals surface area contributed by atoms with Gasteiger partial charge in [-0.2, -0.15) is 0 Å². The van der Waals surface area contributed by atoms with Crippen LogP contribution in [0.15, 0.2) is 18.2 Å². The van der Waals surface area contributed by atoms with E-state index in [1.165, 1.54) is 11.1 Å². The number of fused-ring (bicyclic) bond motifs is 1. The highest BCUT2D eigenvalue weighted by Crippen LogP contribution is 2.25. The molecular formula is C15H24N4. The van der Waals surface area contributed by atoms with Gasteiger partial charge in [-0.05, 0) is 38.6 Å². The van der Waals surface area contributed by atoms with E-state index in [2.05, 4.69) is 48.2 Å². The number of nitrogens with two attached hydrogens (primary N) is 1. The molecule has 0 radical (unpaired) electrons. The molecule has 0 bridgehead atoms. The van der Waals surface area contributed by atoms with Gasteiger partial charge in [-0.15, -0.1) is 0 Å². The molecule has 19 heavy (non-hydrogen) atoms. The van der Waals surface area contributed by atoms with Gasteiger partial charge in [0.15, 0.2) is 0 Å². The number of nitrogens with zero attached hydrogens (tertiary/aromatic N) is 3. The van der Waals surface area contributed by atoms with E-state index in [4.69, 9.17) is 5.73 Å². The van der Waals surface area contributed by atoms with E-state index in [1.807, 2.05) is 12.1 Å². The average Bonchev–Trinajstić information content (AvgIpc) is 2.73. The fourth-order valence-electron chi connectivity index (χ4n) is 2.72. The third kappa shape index (κ3) is 2.59. The van der Waals surface area contributed by atoms with Crippen LogP contribution in [0, 0.1) is 6.92 Å². The number of aromatic nitrogens is 2. The van der Waals surface area contributed by atoms with Crippen molar-refractivity contribution in [3.05, 3.63) is 23.8 Å². The highest BCUT2D eigenvalue weighted by Gasteiger charge is 2.17. The summed E-state index contributed by atoms with van der Waals surface area (Å²) < 4.78 is 2.17. The van der Waals surface area contributed by atoms with Crippen LogP contribution in [-0.2, 0) is 0 Å². The van der Waals surface area contributed by atoms with Crippen LogP contribution in [0.3, 0.4) is 0 Å². The first-order valence-electron chi connectivity index (χ1n) is 7.03. The lowest BCUT2D eigenvalue weighted by atomic mass is 10.2. The van der Waals surface area contributed by atoms with E-state index in [0.717, 1.165) is 25.2 Å². The van der Waals surface area contributed by atoms with Crippen LogP contribution in [0.5, 0.6) is 0 Å². The first-order chi connectivity index (χ1) is 9.08. The molecule has 0 fully saturated rings. The number of likely N-dealkylation sites (N-methyl/N-ethyl adjacent to an activating group) is 1. The third-order valence-electron chi connectivity index (χ3n) is 3.80. The summed E-state index contributed by atoms with van der Waals surface area (Å²) in [6.45, 7) is 11.8. The second-order valence-electron chi connectivity index (χ2n) is 5.12. The Morgan fingerprint density at radius 2 is 2.00 bits per heavy atom. The average molecular weight is 260 g/mol. The second kappa shape index (κ2) is 5.61. The predicted molar refractivity (Wildman–Crippen MR) is 81.4 cm³/mol. The number of benzene rings is 1. The lowest BCUT2D eigenvalue weighted by Gasteiger charge is -2.25. The summed E-state index contributed by atoms with van der Waals surface area (Å²) in [7, 11) is 0. The fourth-order valence-corrected chi connectivity index (χ4v) is 2.72. The van der Waals surface area contributed by atoms with E-state index in [9.17, 15) is 0 Å². The van der Waals surface area contributed by atoms with Crippen molar-refractivity contribution in [1.82, 2.24) is 14.5 Å². The number of hydrogen-bond donors (Lipinski definition) is 1. The summed E-state index contributed by atoms with van der Waals surface area (Å²) in [5.41, 5.74) is 9.50. The topological polar surface area (TPSA) is 47.1 Å². The van der Waals surface area contributed by atoms with Crippen molar-refractivity contribution in [2.24, 2.45) is 0 Å². The molecule has 1 unspecified atom stereocenters. The van der Waals surface area contributed by atoms with Crippen LogP contribution in [0.2, 0.25) is 0 Å². The number of para-hydroxylation sites is 1. The quantitative estimate of drug-likeness (QED) is 0.899. The molecular weight excluding hydrogens is 236 g/mol. The SMILES string of the molecule is CCN(CC)CC(C)n1c(N)nc2cccc(C)c21. The number of aryl methyl sites for hydroxylation is 1. The monoisotopic (exact) mass is 260 g/mol. The van der Waals surface area contributed by atoms with Gasteiger partial charge in [0.25, 0.3) is 0 Å². The molecule has 0 saturated heterocycles. The lowest BCUT2D eigenvalue weighted by Crippen LogP contribution is -2.30. The van der Waals surface area contributed by atoms with E-state index < -0.39 is 0 Å². The maximum Gasteiger partial charge on any atom is 0.201 e. The van der Waals surface area contributed by atoms with Crippen molar-refractivity contribution in [1.29, 1.82) is 0 Å². The van der Waals surface area contributed by atoms with E-state index in [1.54, 1.807) is 0 Å². The van der Waals surface area contributed by atoms with Gasteiger partial charge in [-0.3, -0.25) is 0 Å². The second-order valence-corrected chi connectivity index (χ2v) is 5.12. The molecule has 0 saturated carbocycles. The maximum atomic E-state index is 6.12. The van der Waals surface area contributed by atoms with Gasteiger partial charge in [0.2, 0.25) is 5.95 Å². The Morgan fingerprint density at radius 1 is 1.32 bits per heavy atom. The van der Waals surface area contributed by atoms with Gasteiger partial charge < -0.3 is 15.2 Å². The molecule has 104 valence electrons. The van der Waals surface area contributed by atoms with Gasteiger partial charge >= 0.3 is 0 Å². The van der Waals surface area contributed by atoms with Crippen molar-refractivity contribution in [2.75, 3.05) is 25.4 Å². The molecule has 0 aliphatic heterocycles. The Morgan fingerprint density at radius 3 is 2.63 bits per heavy atom. The molecule has 0 spiro atoms. The zero-order valence-electron chi connectivity index (χ0n) is 12.3. The summed E-state index contributed by atoms with van der Waals surface area (Å²) in [5, 5.41) is 0. The highest BCUT2D eigenvalue weighted by molar-refractivity contribution is 5.81. The summed E-state index contributed by atoms with van der Waals surface area (Å²) >= 11 is 0. The molecule has 0 aliphatic rings. The van der Waals surface area contributed by atoms with Crippen LogP contribution in [0.25, 0.3) is 11.0 Å². The Balaban J connectivity index is 2.41. The van der Waals surface area contributed by atoms with Gasteiger partial charge in [0.1, 0.15) is 0 Å². The standard InChI is InChI=1S/C15H24N4/c1-5-18(6-2)10-12(4)19-14-11(3)8-7-9-13(14)17-15(19)16/h7-9,12H,5-6,10H2,1-4H3,(H2,16,17). The number of rotatable bonds is 5. The molecule has 4 nitrogen and oxygen atoms in total. The van der Waals surface area contributed by atoms with Crippen LogP contribution in [0.4, 0.5) is 5.95 Å². The van der Waals surface area contributed by atoms with Gasteiger partial charge in [0, 0.05) is 12.6 Å². The molecule has 0 aliphatic carbocycles. The minimum atomic E-state index is 0.325. The van der Waals surface area contributed by atoms with Crippen molar-refractivity contribution < 1.29 is 0 Å². The van der Waals surface area contributed by atoms with Crippen molar-refractivity contribution in [3.63, 3.8) is 0 Å². The van der Waals surface area contributed by atoms with Crippen molar-refractivity contribution >= 4 is 17.0 Å².